The van der Waals surface area contributed by atoms with Crippen LogP contribution in [0.15, 0.2) is 24.3 Å². The van der Waals surface area contributed by atoms with Crippen LogP contribution in [0.2, 0.25) is 0 Å². The van der Waals surface area contributed by atoms with Gasteiger partial charge in [-0.25, -0.2) is 4.39 Å². The summed E-state index contributed by atoms with van der Waals surface area (Å²) < 4.78 is 13.3. The minimum absolute atomic E-state index is 0.0181. The number of benzene rings is 1. The smallest absolute Gasteiger partial charge is 0.226 e. The van der Waals surface area contributed by atoms with Gasteiger partial charge in [-0.15, -0.1) is 0 Å². The highest BCUT2D eigenvalue weighted by Gasteiger charge is 2.46. The predicted octanol–water partition coefficient (Wildman–Crippen LogP) is 1.84. The number of carbonyl (C=O) groups excluding carboxylic acids is 1. The second-order valence-corrected chi connectivity index (χ2v) is 6.69. The average Bonchev–Trinajstić information content (AvgIpc) is 3.35. The van der Waals surface area contributed by atoms with Crippen LogP contribution >= 0.6 is 0 Å². The van der Waals surface area contributed by atoms with Gasteiger partial charge in [0.1, 0.15) is 5.82 Å². The van der Waals surface area contributed by atoms with Crippen LogP contribution in [-0.4, -0.2) is 59.6 Å². The van der Waals surface area contributed by atoms with Crippen LogP contribution in [0.3, 0.4) is 0 Å². The van der Waals surface area contributed by atoms with Crippen LogP contribution < -0.4 is 0 Å². The molecule has 1 aliphatic heterocycles. The van der Waals surface area contributed by atoms with Crippen LogP contribution in [0, 0.1) is 11.7 Å². The maximum Gasteiger partial charge on any atom is 0.226 e. The van der Waals surface area contributed by atoms with Crippen LogP contribution in [0.4, 0.5) is 4.39 Å². The molecule has 3 atom stereocenters. The van der Waals surface area contributed by atoms with Crippen molar-refractivity contribution in [2.24, 2.45) is 5.92 Å². The number of rotatable bonds is 5. The summed E-state index contributed by atoms with van der Waals surface area (Å²) in [6.07, 6.45) is 1.31. The third-order valence-corrected chi connectivity index (χ3v) is 5.01. The summed E-state index contributed by atoms with van der Waals surface area (Å²) in [6, 6.07) is 6.60. The van der Waals surface area contributed by atoms with Gasteiger partial charge in [0.15, 0.2) is 0 Å². The van der Waals surface area contributed by atoms with E-state index < -0.39 is 0 Å². The minimum atomic E-state index is -0.280. The highest BCUT2D eigenvalue weighted by Crippen LogP contribution is 2.48. The van der Waals surface area contributed by atoms with Crippen LogP contribution in [0.1, 0.15) is 31.2 Å². The van der Waals surface area contributed by atoms with Gasteiger partial charge in [0, 0.05) is 38.6 Å². The molecular weight excluding hydrogens is 295 g/mol. The molecule has 1 N–H and O–H groups in total. The Kier molecular flexibility index (Phi) is 4.97. The quantitative estimate of drug-likeness (QED) is 0.900. The zero-order valence-electron chi connectivity index (χ0n) is 13.6. The first-order valence-corrected chi connectivity index (χ1v) is 8.53. The second-order valence-electron chi connectivity index (χ2n) is 6.69. The SMILES string of the molecule is CC[C@H](O)CN1CCN(C(=O)[C@@H]2C[C@@H]2c2cccc(F)c2)CC1. The molecule has 1 amide bonds. The van der Waals surface area contributed by atoms with Gasteiger partial charge >= 0.3 is 0 Å². The number of piperazine rings is 1. The summed E-state index contributed by atoms with van der Waals surface area (Å²) >= 11 is 0. The standard InChI is InChI=1S/C18H25FN2O2/c1-2-15(22)12-20-6-8-21(9-7-20)18(23)17-11-16(17)13-4-3-5-14(19)10-13/h3-5,10,15-17,22H,2,6-9,11-12H2,1H3/t15-,16+,17+/m0/s1. The van der Waals surface area contributed by atoms with Crippen molar-refractivity contribution in [3.63, 3.8) is 0 Å². The van der Waals surface area contributed by atoms with E-state index in [0.717, 1.165) is 44.6 Å². The molecule has 0 aromatic heterocycles. The molecule has 126 valence electrons. The van der Waals surface area contributed by atoms with Gasteiger partial charge in [0.25, 0.3) is 0 Å². The van der Waals surface area contributed by atoms with Crippen molar-refractivity contribution >= 4 is 5.91 Å². The van der Waals surface area contributed by atoms with E-state index in [2.05, 4.69) is 4.90 Å². The highest BCUT2D eigenvalue weighted by molar-refractivity contribution is 5.83. The number of aliphatic hydroxyl groups excluding tert-OH is 1. The Morgan fingerprint density at radius 1 is 1.35 bits per heavy atom. The number of β-amino-alcohol motifs (C(OH)–C–C–N with tert-alkyl or cyclic N) is 1. The summed E-state index contributed by atoms with van der Waals surface area (Å²) in [5.74, 6) is 0.168. The average molecular weight is 320 g/mol. The third-order valence-electron chi connectivity index (χ3n) is 5.01. The lowest BCUT2D eigenvalue weighted by atomic mass is 10.1. The van der Waals surface area contributed by atoms with Crippen molar-refractivity contribution in [1.82, 2.24) is 9.80 Å². The molecule has 1 aromatic rings. The molecular formula is C18H25FN2O2. The van der Waals surface area contributed by atoms with Crippen molar-refractivity contribution in [3.05, 3.63) is 35.6 Å². The fourth-order valence-corrected chi connectivity index (χ4v) is 3.39. The first-order chi connectivity index (χ1) is 11.1. The van der Waals surface area contributed by atoms with Crippen LogP contribution in [-0.2, 0) is 4.79 Å². The van der Waals surface area contributed by atoms with E-state index in [4.69, 9.17) is 0 Å². The number of nitrogens with zero attached hydrogens (tertiary/aromatic N) is 2. The van der Waals surface area contributed by atoms with Crippen molar-refractivity contribution in [3.8, 4) is 0 Å². The summed E-state index contributed by atoms with van der Waals surface area (Å²) in [4.78, 5) is 16.7. The van der Waals surface area contributed by atoms with Gasteiger partial charge in [-0.05, 0) is 36.5 Å². The monoisotopic (exact) mass is 320 g/mol. The van der Waals surface area contributed by atoms with Crippen molar-refractivity contribution in [1.29, 1.82) is 0 Å². The maximum atomic E-state index is 13.3. The molecule has 0 bridgehead atoms. The van der Waals surface area contributed by atoms with Gasteiger partial charge in [-0.3, -0.25) is 9.69 Å². The summed E-state index contributed by atoms with van der Waals surface area (Å²) in [6.45, 7) is 5.75. The number of carbonyl (C=O) groups is 1. The highest BCUT2D eigenvalue weighted by atomic mass is 19.1. The molecule has 0 unspecified atom stereocenters. The molecule has 4 nitrogen and oxygen atoms in total. The predicted molar refractivity (Wildman–Crippen MR) is 86.6 cm³/mol. The molecule has 1 saturated heterocycles. The zero-order chi connectivity index (χ0) is 16.4. The van der Waals surface area contributed by atoms with Gasteiger partial charge in [0.05, 0.1) is 6.10 Å². The van der Waals surface area contributed by atoms with E-state index in [9.17, 15) is 14.3 Å². The Balaban J connectivity index is 1.49. The molecule has 3 rings (SSSR count). The van der Waals surface area contributed by atoms with Gasteiger partial charge in [-0.1, -0.05) is 19.1 Å². The molecule has 2 fully saturated rings. The Morgan fingerprint density at radius 2 is 2.09 bits per heavy atom. The topological polar surface area (TPSA) is 43.8 Å². The number of hydrogen-bond donors (Lipinski definition) is 1. The molecule has 1 heterocycles. The Labute approximate surface area is 136 Å². The largest absolute Gasteiger partial charge is 0.392 e. The lowest BCUT2D eigenvalue weighted by molar-refractivity contribution is -0.134. The second kappa shape index (κ2) is 6.97. The summed E-state index contributed by atoms with van der Waals surface area (Å²) in [5.41, 5.74) is 0.938. The first-order valence-electron chi connectivity index (χ1n) is 8.53. The Morgan fingerprint density at radius 3 is 2.74 bits per heavy atom. The summed E-state index contributed by atoms with van der Waals surface area (Å²) in [5, 5.41) is 9.71. The van der Waals surface area contributed by atoms with E-state index in [1.165, 1.54) is 6.07 Å². The summed E-state index contributed by atoms with van der Waals surface area (Å²) in [7, 11) is 0. The molecule has 23 heavy (non-hydrogen) atoms. The zero-order valence-corrected chi connectivity index (χ0v) is 13.6. The van der Waals surface area contributed by atoms with Gasteiger partial charge < -0.3 is 10.0 Å². The molecule has 1 aromatic carbocycles. The molecule has 0 radical (unpaired) electrons. The number of aliphatic hydroxyl groups is 1. The molecule has 5 heteroatoms. The lowest BCUT2D eigenvalue weighted by Crippen LogP contribution is -2.50. The molecule has 1 aliphatic carbocycles. The van der Waals surface area contributed by atoms with Crippen molar-refractivity contribution < 1.29 is 14.3 Å². The van der Waals surface area contributed by atoms with E-state index in [-0.39, 0.29) is 29.7 Å². The number of halogens is 1. The minimum Gasteiger partial charge on any atom is -0.392 e. The van der Waals surface area contributed by atoms with E-state index in [0.29, 0.717) is 6.54 Å². The van der Waals surface area contributed by atoms with E-state index in [1.54, 1.807) is 12.1 Å². The normalized spacial score (nSPS) is 26.1. The maximum absolute atomic E-state index is 13.3. The Hall–Kier alpha value is -1.46. The molecule has 0 spiro atoms. The van der Waals surface area contributed by atoms with Crippen LogP contribution in [0.25, 0.3) is 0 Å². The molecule has 2 aliphatic rings. The fourth-order valence-electron chi connectivity index (χ4n) is 3.39. The van der Waals surface area contributed by atoms with Crippen LogP contribution in [0.5, 0.6) is 0 Å². The molecule has 1 saturated carbocycles. The fraction of sp³-hybridized carbons (Fsp3) is 0.611. The van der Waals surface area contributed by atoms with Crippen molar-refractivity contribution in [2.75, 3.05) is 32.7 Å². The first kappa shape index (κ1) is 16.4. The van der Waals surface area contributed by atoms with Crippen molar-refractivity contribution in [2.45, 2.75) is 31.8 Å². The van der Waals surface area contributed by atoms with Gasteiger partial charge in [0.2, 0.25) is 5.91 Å². The third kappa shape index (κ3) is 3.90. The number of hydrogen-bond acceptors (Lipinski definition) is 3. The lowest BCUT2D eigenvalue weighted by Gasteiger charge is -2.35. The Bertz CT molecular complexity index is 558. The van der Waals surface area contributed by atoms with Gasteiger partial charge in [-0.2, -0.15) is 0 Å². The van der Waals surface area contributed by atoms with E-state index >= 15 is 0 Å². The number of amides is 1. The van der Waals surface area contributed by atoms with E-state index in [1.807, 2.05) is 17.9 Å².